The van der Waals surface area contributed by atoms with Crippen molar-refractivity contribution in [1.29, 1.82) is 0 Å². The van der Waals surface area contributed by atoms with E-state index in [0.717, 1.165) is 4.47 Å². The highest BCUT2D eigenvalue weighted by atomic mass is 79.9. The summed E-state index contributed by atoms with van der Waals surface area (Å²) < 4.78 is 0.724. The van der Waals surface area contributed by atoms with Crippen LogP contribution in [0.4, 0.5) is 0 Å². The highest BCUT2D eigenvalue weighted by molar-refractivity contribution is 9.10. The van der Waals surface area contributed by atoms with Crippen LogP contribution in [0.15, 0.2) is 22.7 Å². The van der Waals surface area contributed by atoms with Crippen LogP contribution >= 0.6 is 15.9 Å². The highest BCUT2D eigenvalue weighted by Crippen LogP contribution is 2.22. The fraction of sp³-hybridized carbons (Fsp3) is 0.333. The predicted octanol–water partition coefficient (Wildman–Crippen LogP) is 1.16. The molecule has 0 aliphatic carbocycles. The molecule has 0 radical (unpaired) electrons. The van der Waals surface area contributed by atoms with Crippen LogP contribution in [0.2, 0.25) is 0 Å². The van der Waals surface area contributed by atoms with Gasteiger partial charge in [0.1, 0.15) is 5.75 Å². The number of rotatable bonds is 2. The number of hydrogen-bond donors (Lipinski definition) is 3. The zero-order valence-electron chi connectivity index (χ0n) is 9.57. The number of piperidine rings is 1. The lowest BCUT2D eigenvalue weighted by molar-refractivity contribution is -0.122. The molecule has 2 rings (SSSR count). The van der Waals surface area contributed by atoms with Gasteiger partial charge in [-0.1, -0.05) is 15.9 Å². The quantitative estimate of drug-likeness (QED) is 0.767. The van der Waals surface area contributed by atoms with Crippen LogP contribution in [0.1, 0.15) is 23.2 Å². The third-order valence-electron chi connectivity index (χ3n) is 2.80. The number of nitrogens with one attached hydrogen (secondary N) is 2. The Morgan fingerprint density at radius 3 is 2.94 bits per heavy atom. The standard InChI is InChI=1S/C12H13BrN2O3/c13-7-1-3-10(16)9(5-7)12(18)15-8-2-4-11(17)14-6-8/h1,3,5,8,16H,2,4,6H2,(H,14,17)(H,15,18). The Morgan fingerprint density at radius 1 is 1.50 bits per heavy atom. The van der Waals surface area contributed by atoms with E-state index in [9.17, 15) is 14.7 Å². The van der Waals surface area contributed by atoms with Gasteiger partial charge in [-0.15, -0.1) is 0 Å². The van der Waals surface area contributed by atoms with Crippen LogP contribution < -0.4 is 10.6 Å². The fourth-order valence-electron chi connectivity index (χ4n) is 1.81. The second-order valence-corrected chi connectivity index (χ2v) is 5.09. The monoisotopic (exact) mass is 312 g/mol. The minimum absolute atomic E-state index is 0.00537. The molecule has 2 amide bonds. The van der Waals surface area contributed by atoms with E-state index in [1.54, 1.807) is 12.1 Å². The van der Waals surface area contributed by atoms with Crippen molar-refractivity contribution in [2.24, 2.45) is 0 Å². The Labute approximate surface area is 113 Å². The number of phenols is 1. The van der Waals surface area contributed by atoms with E-state index in [2.05, 4.69) is 26.6 Å². The lowest BCUT2D eigenvalue weighted by Crippen LogP contribution is -2.47. The molecular weight excluding hydrogens is 300 g/mol. The average Bonchev–Trinajstić information content (AvgIpc) is 2.35. The molecule has 0 saturated carbocycles. The van der Waals surface area contributed by atoms with Gasteiger partial charge in [0, 0.05) is 23.5 Å². The Bertz CT molecular complexity index is 480. The number of carbonyl (C=O) groups is 2. The van der Waals surface area contributed by atoms with Crippen molar-refractivity contribution in [3.8, 4) is 5.75 Å². The molecule has 18 heavy (non-hydrogen) atoms. The summed E-state index contributed by atoms with van der Waals surface area (Å²) in [6.07, 6.45) is 1.03. The molecular formula is C12H13BrN2O3. The number of halogens is 1. The molecule has 0 spiro atoms. The van der Waals surface area contributed by atoms with Crippen molar-refractivity contribution < 1.29 is 14.7 Å². The first kappa shape index (κ1) is 12.9. The van der Waals surface area contributed by atoms with Crippen molar-refractivity contribution in [2.75, 3.05) is 6.54 Å². The van der Waals surface area contributed by atoms with E-state index in [-0.39, 0.29) is 29.2 Å². The summed E-state index contributed by atoms with van der Waals surface area (Å²) in [6.45, 7) is 0.430. The van der Waals surface area contributed by atoms with Gasteiger partial charge in [-0.25, -0.2) is 0 Å². The largest absolute Gasteiger partial charge is 0.507 e. The molecule has 3 N–H and O–H groups in total. The van der Waals surface area contributed by atoms with Crippen LogP contribution in [-0.4, -0.2) is 29.5 Å². The number of aromatic hydroxyl groups is 1. The number of amides is 2. The number of carbonyl (C=O) groups excluding carboxylic acids is 2. The first-order valence-electron chi connectivity index (χ1n) is 5.62. The van der Waals surface area contributed by atoms with Crippen molar-refractivity contribution in [2.45, 2.75) is 18.9 Å². The lowest BCUT2D eigenvalue weighted by atomic mass is 10.1. The average molecular weight is 313 g/mol. The summed E-state index contributed by atoms with van der Waals surface area (Å²) in [5, 5.41) is 15.1. The van der Waals surface area contributed by atoms with Gasteiger partial charge < -0.3 is 15.7 Å². The van der Waals surface area contributed by atoms with Gasteiger partial charge in [-0.05, 0) is 24.6 Å². The Kier molecular flexibility index (Phi) is 3.86. The molecule has 1 aromatic rings. The highest BCUT2D eigenvalue weighted by Gasteiger charge is 2.21. The first-order chi connectivity index (χ1) is 8.56. The summed E-state index contributed by atoms with van der Waals surface area (Å²) in [5.74, 6) is -0.392. The lowest BCUT2D eigenvalue weighted by Gasteiger charge is -2.23. The van der Waals surface area contributed by atoms with Crippen LogP contribution in [0.5, 0.6) is 5.75 Å². The van der Waals surface area contributed by atoms with Crippen LogP contribution in [0.3, 0.4) is 0 Å². The van der Waals surface area contributed by atoms with Gasteiger partial charge in [-0.2, -0.15) is 0 Å². The van der Waals surface area contributed by atoms with E-state index in [4.69, 9.17) is 0 Å². The third-order valence-corrected chi connectivity index (χ3v) is 3.30. The third kappa shape index (κ3) is 3.01. The Hall–Kier alpha value is -1.56. The second-order valence-electron chi connectivity index (χ2n) is 4.17. The van der Waals surface area contributed by atoms with E-state index < -0.39 is 0 Å². The minimum atomic E-state index is -0.338. The summed E-state index contributed by atoms with van der Waals surface area (Å²) in [5.41, 5.74) is 0.223. The summed E-state index contributed by atoms with van der Waals surface area (Å²) in [4.78, 5) is 23.0. The fourth-order valence-corrected chi connectivity index (χ4v) is 2.17. The van der Waals surface area contributed by atoms with E-state index in [1.165, 1.54) is 6.07 Å². The van der Waals surface area contributed by atoms with Gasteiger partial charge >= 0.3 is 0 Å². The number of phenolic OH excluding ortho intramolecular Hbond substituents is 1. The van der Waals surface area contributed by atoms with Gasteiger partial charge in [-0.3, -0.25) is 9.59 Å². The zero-order chi connectivity index (χ0) is 13.1. The van der Waals surface area contributed by atoms with Gasteiger partial charge in [0.15, 0.2) is 0 Å². The predicted molar refractivity (Wildman–Crippen MR) is 69.3 cm³/mol. The molecule has 1 aliphatic heterocycles. The molecule has 1 aromatic carbocycles. The van der Waals surface area contributed by atoms with Crippen LogP contribution in [-0.2, 0) is 4.79 Å². The molecule has 1 fully saturated rings. The van der Waals surface area contributed by atoms with Crippen molar-refractivity contribution >= 4 is 27.7 Å². The van der Waals surface area contributed by atoms with Crippen molar-refractivity contribution in [1.82, 2.24) is 10.6 Å². The zero-order valence-corrected chi connectivity index (χ0v) is 11.2. The SMILES string of the molecule is O=C1CCC(NC(=O)c2cc(Br)ccc2O)CN1. The van der Waals surface area contributed by atoms with Gasteiger partial charge in [0.2, 0.25) is 5.91 Å². The maximum Gasteiger partial charge on any atom is 0.255 e. The maximum atomic E-state index is 12.0. The van der Waals surface area contributed by atoms with Gasteiger partial charge in [0.05, 0.1) is 5.56 Å². The van der Waals surface area contributed by atoms with E-state index in [0.29, 0.717) is 19.4 Å². The van der Waals surface area contributed by atoms with Crippen molar-refractivity contribution in [3.63, 3.8) is 0 Å². The minimum Gasteiger partial charge on any atom is -0.507 e. The molecule has 1 atom stereocenters. The van der Waals surface area contributed by atoms with Crippen LogP contribution in [0, 0.1) is 0 Å². The summed E-state index contributed by atoms with van der Waals surface area (Å²) >= 11 is 3.25. The molecule has 96 valence electrons. The molecule has 0 bridgehead atoms. The first-order valence-corrected chi connectivity index (χ1v) is 6.41. The molecule has 6 heteroatoms. The Balaban J connectivity index is 2.03. The van der Waals surface area contributed by atoms with Crippen LogP contribution in [0.25, 0.3) is 0 Å². The second kappa shape index (κ2) is 5.39. The Morgan fingerprint density at radius 2 is 2.28 bits per heavy atom. The number of hydrogen-bond acceptors (Lipinski definition) is 3. The molecule has 1 saturated heterocycles. The molecule has 1 unspecified atom stereocenters. The van der Waals surface area contributed by atoms with E-state index >= 15 is 0 Å². The van der Waals surface area contributed by atoms with Gasteiger partial charge in [0.25, 0.3) is 5.91 Å². The molecule has 5 nitrogen and oxygen atoms in total. The normalized spacial score (nSPS) is 19.2. The summed E-state index contributed by atoms with van der Waals surface area (Å²) in [7, 11) is 0. The molecule has 1 aliphatic rings. The molecule has 0 aromatic heterocycles. The smallest absolute Gasteiger partial charge is 0.255 e. The topological polar surface area (TPSA) is 78.4 Å². The summed E-state index contributed by atoms with van der Waals surface area (Å²) in [6, 6.07) is 4.59. The van der Waals surface area contributed by atoms with E-state index in [1.807, 2.05) is 0 Å². The van der Waals surface area contributed by atoms with Crippen molar-refractivity contribution in [3.05, 3.63) is 28.2 Å². The molecule has 1 heterocycles. The number of benzene rings is 1. The maximum absolute atomic E-state index is 12.0.